The van der Waals surface area contributed by atoms with Gasteiger partial charge in [-0.15, -0.1) is 0 Å². The molecule has 6 nitrogen and oxygen atoms in total. The van der Waals surface area contributed by atoms with Crippen LogP contribution in [0.2, 0.25) is 0 Å². The molecule has 4 heterocycles. The summed E-state index contributed by atoms with van der Waals surface area (Å²) in [4.78, 5) is 25.2. The highest BCUT2D eigenvalue weighted by Crippen LogP contribution is 2.40. The molecule has 0 radical (unpaired) electrons. The number of carbonyl (C=O) groups is 1. The van der Waals surface area contributed by atoms with Crippen molar-refractivity contribution in [1.82, 2.24) is 9.97 Å². The zero-order valence-electron chi connectivity index (χ0n) is 17.3. The smallest absolute Gasteiger partial charge is 0.366 e. The van der Waals surface area contributed by atoms with Crippen molar-refractivity contribution in [3.63, 3.8) is 0 Å². The van der Waals surface area contributed by atoms with Gasteiger partial charge in [0, 0.05) is 24.7 Å². The molecule has 2 aromatic heterocycles. The van der Waals surface area contributed by atoms with E-state index in [1.54, 1.807) is 18.2 Å². The summed E-state index contributed by atoms with van der Waals surface area (Å²) in [6.45, 7) is 1.42. The number of carbonyl (C=O) groups excluding carboxylic acids is 1. The Hall–Kier alpha value is -3.69. The molecule has 1 saturated heterocycles. The number of piperidine rings is 1. The summed E-state index contributed by atoms with van der Waals surface area (Å²) >= 11 is 0. The third-order valence-electron chi connectivity index (χ3n) is 5.85. The van der Waals surface area contributed by atoms with Crippen molar-refractivity contribution in [3.8, 4) is 11.3 Å². The lowest BCUT2D eigenvalue weighted by Gasteiger charge is -2.45. The van der Waals surface area contributed by atoms with Gasteiger partial charge in [-0.2, -0.15) is 13.2 Å². The van der Waals surface area contributed by atoms with Crippen LogP contribution in [0.3, 0.4) is 0 Å². The lowest BCUT2D eigenvalue weighted by molar-refractivity contribution is -0.137. The Labute approximate surface area is 186 Å². The van der Waals surface area contributed by atoms with Gasteiger partial charge in [0.05, 0.1) is 41.1 Å². The maximum atomic E-state index is 13.5. The molecule has 2 aliphatic heterocycles. The SMILES string of the molecule is O=C(Nc1cncc(F)c1)N1c2nc(-c3cccc(C(F)(F)F)c3)ccc2N2CCC[C@H]1C2. The zero-order chi connectivity index (χ0) is 23.2. The number of hydrogen-bond donors (Lipinski definition) is 1. The third-order valence-corrected chi connectivity index (χ3v) is 5.85. The van der Waals surface area contributed by atoms with Gasteiger partial charge in [0.25, 0.3) is 0 Å². The number of nitrogens with one attached hydrogen (secondary N) is 1. The molecule has 2 bridgehead atoms. The monoisotopic (exact) mass is 457 g/mol. The van der Waals surface area contributed by atoms with E-state index in [0.717, 1.165) is 49.5 Å². The first-order valence-corrected chi connectivity index (χ1v) is 10.4. The van der Waals surface area contributed by atoms with Gasteiger partial charge < -0.3 is 10.2 Å². The minimum Gasteiger partial charge on any atom is -0.366 e. The molecule has 2 aliphatic rings. The van der Waals surface area contributed by atoms with E-state index in [4.69, 9.17) is 0 Å². The maximum Gasteiger partial charge on any atom is 0.416 e. The van der Waals surface area contributed by atoms with Crippen LogP contribution in [-0.2, 0) is 6.18 Å². The summed E-state index contributed by atoms with van der Waals surface area (Å²) in [6, 6.07) is 8.87. The van der Waals surface area contributed by atoms with Crippen molar-refractivity contribution in [2.45, 2.75) is 25.1 Å². The predicted octanol–water partition coefficient (Wildman–Crippen LogP) is 5.32. The molecule has 3 aromatic rings. The molecule has 0 saturated carbocycles. The third kappa shape index (κ3) is 4.08. The van der Waals surface area contributed by atoms with Gasteiger partial charge in [-0.1, -0.05) is 12.1 Å². The number of fused-ring (bicyclic) bond motifs is 4. The highest BCUT2D eigenvalue weighted by atomic mass is 19.4. The Morgan fingerprint density at radius 2 is 1.97 bits per heavy atom. The molecular weight excluding hydrogens is 438 g/mol. The fraction of sp³-hybridized carbons (Fsp3) is 0.261. The van der Waals surface area contributed by atoms with Crippen molar-refractivity contribution in [2.24, 2.45) is 0 Å². The second-order valence-electron chi connectivity index (χ2n) is 8.05. The number of hydrogen-bond acceptors (Lipinski definition) is 4. The van der Waals surface area contributed by atoms with Crippen molar-refractivity contribution in [2.75, 3.05) is 28.2 Å². The quantitative estimate of drug-likeness (QED) is 0.529. The van der Waals surface area contributed by atoms with Crippen LogP contribution in [-0.4, -0.2) is 35.1 Å². The van der Waals surface area contributed by atoms with Gasteiger partial charge in [-0.3, -0.25) is 9.88 Å². The van der Waals surface area contributed by atoms with E-state index >= 15 is 0 Å². The van der Waals surface area contributed by atoms with Gasteiger partial charge in [-0.25, -0.2) is 14.2 Å². The van der Waals surface area contributed by atoms with Crippen LogP contribution in [0.1, 0.15) is 18.4 Å². The summed E-state index contributed by atoms with van der Waals surface area (Å²) in [5.74, 6) is -0.219. The van der Waals surface area contributed by atoms with Crippen molar-refractivity contribution >= 4 is 23.2 Å². The molecule has 2 amide bonds. The Bertz CT molecular complexity index is 1220. The fourth-order valence-electron chi connectivity index (χ4n) is 4.36. The number of pyridine rings is 2. The number of nitrogens with zero attached hydrogens (tertiary/aromatic N) is 4. The maximum absolute atomic E-state index is 13.5. The van der Waals surface area contributed by atoms with Crippen LogP contribution < -0.4 is 15.1 Å². The van der Waals surface area contributed by atoms with Crippen LogP contribution in [0.5, 0.6) is 0 Å². The molecule has 0 spiro atoms. The highest BCUT2D eigenvalue weighted by Gasteiger charge is 2.38. The first-order valence-electron chi connectivity index (χ1n) is 10.4. The number of benzene rings is 1. The van der Waals surface area contributed by atoms with Crippen LogP contribution in [0, 0.1) is 5.82 Å². The molecule has 1 N–H and O–H groups in total. The fourth-order valence-corrected chi connectivity index (χ4v) is 4.36. The standard InChI is InChI=1S/C23H19F4N5O/c24-16-10-17(12-28-11-16)29-22(33)32-18-5-2-8-31(13-18)20-7-6-19(30-21(20)32)14-3-1-4-15(9-14)23(25,26)27/h1,3-4,6-7,9-12,18H,2,5,8,13H2,(H,29,33)/t18-/m0/s1. The van der Waals surface area contributed by atoms with E-state index in [0.29, 0.717) is 23.6 Å². The van der Waals surface area contributed by atoms with Gasteiger partial charge >= 0.3 is 12.2 Å². The molecule has 170 valence electrons. The summed E-state index contributed by atoms with van der Waals surface area (Å²) < 4.78 is 53.1. The molecule has 1 aromatic carbocycles. The second-order valence-corrected chi connectivity index (χ2v) is 8.05. The average Bonchev–Trinajstić information content (AvgIpc) is 2.78. The highest BCUT2D eigenvalue weighted by molar-refractivity contribution is 6.04. The normalized spacial score (nSPS) is 17.5. The molecule has 5 rings (SSSR count). The number of rotatable bonds is 2. The van der Waals surface area contributed by atoms with E-state index in [1.165, 1.54) is 17.2 Å². The molecule has 0 unspecified atom stereocenters. The van der Waals surface area contributed by atoms with Crippen molar-refractivity contribution in [3.05, 3.63) is 66.2 Å². The molecule has 1 fully saturated rings. The zero-order valence-corrected chi connectivity index (χ0v) is 17.3. The van der Waals surface area contributed by atoms with Crippen molar-refractivity contribution < 1.29 is 22.4 Å². The lowest BCUT2D eigenvalue weighted by Crippen LogP contribution is -2.56. The summed E-state index contributed by atoms with van der Waals surface area (Å²) in [5, 5.41) is 2.66. The van der Waals surface area contributed by atoms with Crippen LogP contribution >= 0.6 is 0 Å². The number of halogens is 4. The number of alkyl halides is 3. The molecule has 1 atom stereocenters. The average molecular weight is 457 g/mol. The van der Waals surface area contributed by atoms with E-state index in [1.807, 2.05) is 0 Å². The number of amides is 2. The van der Waals surface area contributed by atoms with Crippen LogP contribution in [0.15, 0.2) is 54.9 Å². The summed E-state index contributed by atoms with van der Waals surface area (Å²) in [7, 11) is 0. The largest absolute Gasteiger partial charge is 0.416 e. The molecular formula is C23H19F4N5O. The topological polar surface area (TPSA) is 61.4 Å². The lowest BCUT2D eigenvalue weighted by atomic mass is 9.99. The van der Waals surface area contributed by atoms with E-state index < -0.39 is 23.6 Å². The molecule has 33 heavy (non-hydrogen) atoms. The van der Waals surface area contributed by atoms with Gasteiger partial charge in [0.15, 0.2) is 5.82 Å². The number of urea groups is 1. The minimum absolute atomic E-state index is 0.169. The molecule has 0 aliphatic carbocycles. The Balaban J connectivity index is 1.55. The molecule has 10 heteroatoms. The minimum atomic E-state index is -4.47. The van der Waals surface area contributed by atoms with Gasteiger partial charge in [0.1, 0.15) is 5.82 Å². The van der Waals surface area contributed by atoms with E-state index in [-0.39, 0.29) is 11.7 Å². The summed E-state index contributed by atoms with van der Waals surface area (Å²) in [6.07, 6.45) is -0.470. The number of aromatic nitrogens is 2. The summed E-state index contributed by atoms with van der Waals surface area (Å²) in [5.41, 5.74) is 0.788. The first kappa shape index (κ1) is 21.2. The van der Waals surface area contributed by atoms with Gasteiger partial charge in [-0.05, 0) is 37.1 Å². The Kier molecular flexibility index (Phi) is 5.15. The van der Waals surface area contributed by atoms with E-state index in [2.05, 4.69) is 20.2 Å². The van der Waals surface area contributed by atoms with Crippen molar-refractivity contribution in [1.29, 1.82) is 0 Å². The van der Waals surface area contributed by atoms with Crippen LogP contribution in [0.4, 0.5) is 39.5 Å². The first-order chi connectivity index (χ1) is 15.8. The predicted molar refractivity (Wildman–Crippen MR) is 116 cm³/mol. The Morgan fingerprint density at radius 3 is 2.76 bits per heavy atom. The number of anilines is 3. The van der Waals surface area contributed by atoms with Gasteiger partial charge in [0.2, 0.25) is 0 Å². The van der Waals surface area contributed by atoms with E-state index in [9.17, 15) is 22.4 Å². The van der Waals surface area contributed by atoms with Crippen LogP contribution in [0.25, 0.3) is 11.3 Å². The Morgan fingerprint density at radius 1 is 1.12 bits per heavy atom. The second kappa shape index (κ2) is 8.02.